The summed E-state index contributed by atoms with van der Waals surface area (Å²) < 4.78 is 11.2. The Hall–Kier alpha value is -2.50. The molecule has 1 aliphatic rings. The maximum absolute atomic E-state index is 11.7. The van der Waals surface area contributed by atoms with Crippen molar-refractivity contribution in [1.29, 1.82) is 0 Å². The van der Waals surface area contributed by atoms with Crippen LogP contribution in [0.2, 0.25) is 10.0 Å². The van der Waals surface area contributed by atoms with Crippen LogP contribution in [0.4, 0.5) is 0 Å². The van der Waals surface area contributed by atoms with Crippen LogP contribution < -0.4 is 9.47 Å². The molecule has 0 amide bonds. The van der Waals surface area contributed by atoms with Gasteiger partial charge in [-0.25, -0.2) is 4.79 Å². The second kappa shape index (κ2) is 7.81. The van der Waals surface area contributed by atoms with Gasteiger partial charge in [-0.2, -0.15) is 0 Å². The van der Waals surface area contributed by atoms with E-state index in [9.17, 15) is 4.79 Å². The van der Waals surface area contributed by atoms with Crippen LogP contribution >= 0.6 is 23.2 Å². The minimum Gasteiger partial charge on any atom is -0.493 e. The fraction of sp³-hybridized carbons (Fsp3) is 0.158. The molecule has 3 rings (SSSR count). The Bertz CT molecular complexity index is 922. The first-order chi connectivity index (χ1) is 12.5. The van der Waals surface area contributed by atoms with Crippen molar-refractivity contribution in [2.45, 2.75) is 13.5 Å². The molecule has 2 aromatic rings. The molecular weight excluding hydrogens is 377 g/mol. The van der Waals surface area contributed by atoms with Crippen molar-refractivity contribution in [1.82, 2.24) is 0 Å². The van der Waals surface area contributed by atoms with Gasteiger partial charge >= 0.3 is 5.97 Å². The molecule has 7 heteroatoms. The number of carbonyl (C=O) groups excluding carboxylic acids is 1. The van der Waals surface area contributed by atoms with Crippen LogP contribution in [-0.2, 0) is 16.2 Å². The molecule has 134 valence electrons. The van der Waals surface area contributed by atoms with Gasteiger partial charge in [-0.1, -0.05) is 40.5 Å². The summed E-state index contributed by atoms with van der Waals surface area (Å²) in [5.41, 5.74) is 2.45. The van der Waals surface area contributed by atoms with Crippen molar-refractivity contribution in [3.63, 3.8) is 0 Å². The first kappa shape index (κ1) is 18.3. The van der Waals surface area contributed by atoms with Crippen LogP contribution in [0.3, 0.4) is 0 Å². The first-order valence-electron chi connectivity index (χ1n) is 7.70. The zero-order chi connectivity index (χ0) is 18.7. The average Bonchev–Trinajstić information content (AvgIpc) is 2.92. The van der Waals surface area contributed by atoms with Crippen LogP contribution in [0, 0.1) is 0 Å². The van der Waals surface area contributed by atoms with E-state index in [4.69, 9.17) is 32.7 Å². The summed E-state index contributed by atoms with van der Waals surface area (Å²) in [6.07, 6.45) is 1.64. The Morgan fingerprint density at radius 2 is 2.04 bits per heavy atom. The Balaban J connectivity index is 1.87. The van der Waals surface area contributed by atoms with Gasteiger partial charge in [0.25, 0.3) is 0 Å². The van der Waals surface area contributed by atoms with Gasteiger partial charge in [0.1, 0.15) is 6.61 Å². The molecule has 0 saturated carbocycles. The fourth-order valence-electron chi connectivity index (χ4n) is 2.43. The third-order valence-corrected chi connectivity index (χ3v) is 4.23. The second-order valence-electron chi connectivity index (χ2n) is 5.57. The number of halogens is 2. The van der Waals surface area contributed by atoms with E-state index in [-0.39, 0.29) is 6.61 Å². The maximum Gasteiger partial charge on any atom is 0.367 e. The zero-order valence-electron chi connectivity index (χ0n) is 14.1. The number of benzene rings is 2. The average molecular weight is 392 g/mol. The summed E-state index contributed by atoms with van der Waals surface area (Å²) in [6, 6.07) is 10.8. The Labute approximate surface area is 160 Å². The molecule has 0 bridgehead atoms. The Kier molecular flexibility index (Phi) is 5.49. The van der Waals surface area contributed by atoms with E-state index >= 15 is 0 Å². The first-order valence-corrected chi connectivity index (χ1v) is 8.46. The van der Waals surface area contributed by atoms with Crippen LogP contribution in [0.1, 0.15) is 18.1 Å². The lowest BCUT2D eigenvalue weighted by Gasteiger charge is -2.13. The normalized spacial score (nSPS) is 15.0. The molecule has 0 spiro atoms. The highest BCUT2D eigenvalue weighted by Crippen LogP contribution is 2.37. The highest BCUT2D eigenvalue weighted by atomic mass is 35.5. The lowest BCUT2D eigenvalue weighted by Crippen LogP contribution is -2.02. The lowest BCUT2D eigenvalue weighted by molar-refractivity contribution is -0.136. The van der Waals surface area contributed by atoms with Gasteiger partial charge in [0.2, 0.25) is 0 Å². The highest BCUT2D eigenvalue weighted by molar-refractivity contribution is 6.32. The minimum absolute atomic E-state index is 0.287. The number of hydrogen-bond acceptors (Lipinski definition) is 5. The van der Waals surface area contributed by atoms with E-state index in [1.807, 2.05) is 18.2 Å². The number of methoxy groups -OCH3 is 1. The SMILES string of the molecule is COc1cc(/C=C2/C(=O)ON=C2C)cc(Cl)c1OCc1cccc(Cl)c1. The van der Waals surface area contributed by atoms with Crippen molar-refractivity contribution in [3.05, 3.63) is 63.1 Å². The third kappa shape index (κ3) is 4.00. The van der Waals surface area contributed by atoms with Crippen molar-refractivity contribution >= 4 is 41.0 Å². The molecule has 1 aliphatic heterocycles. The molecule has 0 atom stereocenters. The Morgan fingerprint density at radius 3 is 2.69 bits per heavy atom. The number of carbonyl (C=O) groups is 1. The monoisotopic (exact) mass is 391 g/mol. The largest absolute Gasteiger partial charge is 0.493 e. The Morgan fingerprint density at radius 1 is 1.23 bits per heavy atom. The van der Waals surface area contributed by atoms with Gasteiger partial charge in [0.15, 0.2) is 11.5 Å². The summed E-state index contributed by atoms with van der Waals surface area (Å²) in [5, 5.41) is 4.64. The number of oxime groups is 1. The van der Waals surface area contributed by atoms with E-state index in [1.54, 1.807) is 31.2 Å². The summed E-state index contributed by atoms with van der Waals surface area (Å²) in [4.78, 5) is 16.3. The second-order valence-corrected chi connectivity index (χ2v) is 6.41. The van der Waals surface area contributed by atoms with Crippen LogP contribution in [-0.4, -0.2) is 18.8 Å². The maximum atomic E-state index is 11.7. The van der Waals surface area contributed by atoms with E-state index in [0.29, 0.717) is 38.4 Å². The van der Waals surface area contributed by atoms with E-state index in [1.165, 1.54) is 7.11 Å². The molecule has 26 heavy (non-hydrogen) atoms. The molecule has 5 nitrogen and oxygen atoms in total. The molecule has 2 aromatic carbocycles. The molecule has 0 saturated heterocycles. The number of rotatable bonds is 5. The topological polar surface area (TPSA) is 57.1 Å². The van der Waals surface area contributed by atoms with Gasteiger partial charge in [0, 0.05) is 5.02 Å². The minimum atomic E-state index is -0.501. The quantitative estimate of drug-likeness (QED) is 0.537. The van der Waals surface area contributed by atoms with Crippen molar-refractivity contribution < 1.29 is 19.1 Å². The summed E-state index contributed by atoms with van der Waals surface area (Å²) in [7, 11) is 1.52. The molecule has 0 unspecified atom stereocenters. The van der Waals surface area contributed by atoms with Crippen molar-refractivity contribution in [2.24, 2.45) is 5.16 Å². The summed E-state index contributed by atoms with van der Waals surface area (Å²) in [5.74, 6) is 0.363. The molecular formula is C19H15Cl2NO4. The zero-order valence-corrected chi connectivity index (χ0v) is 15.6. The van der Waals surface area contributed by atoms with Gasteiger partial charge in [-0.05, 0) is 48.4 Å². The van der Waals surface area contributed by atoms with Gasteiger partial charge in [-0.3, -0.25) is 0 Å². The van der Waals surface area contributed by atoms with Gasteiger partial charge in [-0.15, -0.1) is 0 Å². The number of nitrogens with zero attached hydrogens (tertiary/aromatic N) is 1. The van der Waals surface area contributed by atoms with Crippen LogP contribution in [0.25, 0.3) is 6.08 Å². The van der Waals surface area contributed by atoms with Gasteiger partial charge in [0.05, 0.1) is 23.4 Å². The molecule has 1 heterocycles. The van der Waals surface area contributed by atoms with E-state index in [2.05, 4.69) is 9.99 Å². The predicted octanol–water partition coefficient (Wildman–Crippen LogP) is 4.90. The third-order valence-electron chi connectivity index (χ3n) is 3.71. The highest BCUT2D eigenvalue weighted by Gasteiger charge is 2.22. The number of ether oxygens (including phenoxy) is 2. The van der Waals surface area contributed by atoms with Crippen molar-refractivity contribution in [2.75, 3.05) is 7.11 Å². The van der Waals surface area contributed by atoms with E-state index in [0.717, 1.165) is 5.56 Å². The summed E-state index contributed by atoms with van der Waals surface area (Å²) >= 11 is 12.3. The predicted molar refractivity (Wildman–Crippen MR) is 101 cm³/mol. The van der Waals surface area contributed by atoms with Crippen molar-refractivity contribution in [3.8, 4) is 11.5 Å². The summed E-state index contributed by atoms with van der Waals surface area (Å²) in [6.45, 7) is 1.98. The standard InChI is InChI=1S/C19H15Cl2NO4/c1-11-15(19(23)26-22-11)7-13-8-16(21)18(17(9-13)24-2)25-10-12-4-3-5-14(20)6-12/h3-9H,10H2,1-2H3/b15-7+. The van der Waals surface area contributed by atoms with E-state index < -0.39 is 5.97 Å². The molecule has 0 radical (unpaired) electrons. The molecule has 0 aromatic heterocycles. The van der Waals surface area contributed by atoms with Crippen LogP contribution in [0.15, 0.2) is 47.1 Å². The lowest BCUT2D eigenvalue weighted by atomic mass is 10.1. The molecule has 0 aliphatic carbocycles. The van der Waals surface area contributed by atoms with Crippen LogP contribution in [0.5, 0.6) is 11.5 Å². The fourth-order valence-corrected chi connectivity index (χ4v) is 2.92. The van der Waals surface area contributed by atoms with Gasteiger partial charge < -0.3 is 14.3 Å². The smallest absolute Gasteiger partial charge is 0.367 e. The molecule has 0 N–H and O–H groups in total. The number of hydrogen-bond donors (Lipinski definition) is 0. The molecule has 0 fully saturated rings.